The van der Waals surface area contributed by atoms with Gasteiger partial charge in [-0.2, -0.15) is 0 Å². The molecule has 1 aromatic carbocycles. The molecule has 1 aliphatic heterocycles. The Bertz CT molecular complexity index is 720. The lowest BCUT2D eigenvalue weighted by Gasteiger charge is -2.25. The molecule has 0 bridgehead atoms. The first-order valence-electron chi connectivity index (χ1n) is 7.71. The van der Waals surface area contributed by atoms with E-state index in [1.54, 1.807) is 20.1 Å². The van der Waals surface area contributed by atoms with Crippen molar-refractivity contribution in [3.63, 3.8) is 0 Å². The smallest absolute Gasteiger partial charge is 0.254 e. The van der Waals surface area contributed by atoms with Crippen molar-refractivity contribution in [3.05, 3.63) is 46.9 Å². The predicted molar refractivity (Wildman–Crippen MR) is 86.2 cm³/mol. The minimum atomic E-state index is -0.0973. The van der Waals surface area contributed by atoms with Crippen LogP contribution in [-0.4, -0.2) is 26.2 Å². The highest BCUT2D eigenvalue weighted by molar-refractivity contribution is 5.95. The molecular formula is C18H21NO4. The molecule has 5 heteroatoms. The van der Waals surface area contributed by atoms with E-state index in [0.717, 1.165) is 29.2 Å². The highest BCUT2D eigenvalue weighted by atomic mass is 16.5. The van der Waals surface area contributed by atoms with Gasteiger partial charge in [-0.15, -0.1) is 0 Å². The first-order chi connectivity index (χ1) is 11.1. The second-order valence-corrected chi connectivity index (χ2v) is 5.89. The molecule has 2 aromatic rings. The number of fused-ring (bicyclic) bond motifs is 1. The van der Waals surface area contributed by atoms with Gasteiger partial charge in [-0.1, -0.05) is 6.07 Å². The fourth-order valence-corrected chi connectivity index (χ4v) is 2.86. The van der Waals surface area contributed by atoms with Crippen molar-refractivity contribution in [1.29, 1.82) is 0 Å². The molecule has 1 aliphatic rings. The molecule has 3 rings (SSSR count). The maximum atomic E-state index is 12.2. The summed E-state index contributed by atoms with van der Waals surface area (Å²) in [6, 6.07) is 7.62. The minimum absolute atomic E-state index is 0.0973. The molecular weight excluding hydrogens is 294 g/mol. The average molecular weight is 315 g/mol. The highest BCUT2D eigenvalue weighted by Crippen LogP contribution is 2.30. The Kier molecular flexibility index (Phi) is 4.28. The van der Waals surface area contributed by atoms with Crippen molar-refractivity contribution in [3.8, 4) is 11.5 Å². The van der Waals surface area contributed by atoms with Gasteiger partial charge in [0, 0.05) is 18.5 Å². The standard InChI is InChI=1S/C18H21NO4/c1-11-6-16(12(2)23-11)18(20)19-9-13-7-14-4-5-15(21-3)8-17(14)22-10-13/h4-6,8,13H,7,9-10H2,1-3H3,(H,19,20)/t13-/m1/s1. The second kappa shape index (κ2) is 6.36. The van der Waals surface area contributed by atoms with E-state index >= 15 is 0 Å². The molecule has 122 valence electrons. The molecule has 1 atom stereocenters. The summed E-state index contributed by atoms with van der Waals surface area (Å²) in [5.41, 5.74) is 1.75. The number of hydrogen-bond acceptors (Lipinski definition) is 4. The van der Waals surface area contributed by atoms with Crippen molar-refractivity contribution in [1.82, 2.24) is 5.32 Å². The van der Waals surface area contributed by atoms with Crippen molar-refractivity contribution < 1.29 is 18.7 Å². The van der Waals surface area contributed by atoms with Gasteiger partial charge in [0.15, 0.2) is 0 Å². The number of aryl methyl sites for hydroxylation is 2. The molecule has 0 radical (unpaired) electrons. The van der Waals surface area contributed by atoms with Gasteiger partial charge in [0.05, 0.1) is 19.3 Å². The summed E-state index contributed by atoms with van der Waals surface area (Å²) >= 11 is 0. The number of rotatable bonds is 4. The highest BCUT2D eigenvalue weighted by Gasteiger charge is 2.22. The number of carbonyl (C=O) groups is 1. The number of carbonyl (C=O) groups excluding carboxylic acids is 1. The molecule has 0 fully saturated rings. The van der Waals surface area contributed by atoms with Gasteiger partial charge >= 0.3 is 0 Å². The van der Waals surface area contributed by atoms with Gasteiger partial charge in [0.25, 0.3) is 5.91 Å². The maximum absolute atomic E-state index is 12.2. The monoisotopic (exact) mass is 315 g/mol. The first kappa shape index (κ1) is 15.5. The number of nitrogens with one attached hydrogen (secondary N) is 1. The lowest BCUT2D eigenvalue weighted by molar-refractivity contribution is 0.0937. The van der Waals surface area contributed by atoms with Gasteiger partial charge in [0.2, 0.25) is 0 Å². The van der Waals surface area contributed by atoms with E-state index in [1.165, 1.54) is 0 Å². The molecule has 1 amide bonds. The molecule has 1 aromatic heterocycles. The summed E-state index contributed by atoms with van der Waals surface area (Å²) in [6.07, 6.45) is 0.878. The number of methoxy groups -OCH3 is 1. The zero-order valence-corrected chi connectivity index (χ0v) is 13.6. The SMILES string of the molecule is COc1ccc2c(c1)OC[C@@H](CNC(=O)c1cc(C)oc1C)C2. The lowest BCUT2D eigenvalue weighted by atomic mass is 9.96. The molecule has 0 saturated heterocycles. The summed E-state index contributed by atoms with van der Waals surface area (Å²) in [7, 11) is 1.64. The Balaban J connectivity index is 1.59. The van der Waals surface area contributed by atoms with E-state index in [1.807, 2.05) is 25.1 Å². The summed E-state index contributed by atoms with van der Waals surface area (Å²) in [5.74, 6) is 3.22. The van der Waals surface area contributed by atoms with E-state index < -0.39 is 0 Å². The third-order valence-corrected chi connectivity index (χ3v) is 4.09. The van der Waals surface area contributed by atoms with Crippen LogP contribution >= 0.6 is 0 Å². The first-order valence-corrected chi connectivity index (χ1v) is 7.71. The van der Waals surface area contributed by atoms with Crippen LogP contribution in [0, 0.1) is 19.8 Å². The van der Waals surface area contributed by atoms with Crippen LogP contribution in [0.15, 0.2) is 28.7 Å². The van der Waals surface area contributed by atoms with E-state index in [-0.39, 0.29) is 11.8 Å². The normalized spacial score (nSPS) is 16.4. The summed E-state index contributed by atoms with van der Waals surface area (Å²) in [4.78, 5) is 12.2. The van der Waals surface area contributed by atoms with Crippen molar-refractivity contribution in [2.75, 3.05) is 20.3 Å². The van der Waals surface area contributed by atoms with Crippen molar-refractivity contribution in [2.45, 2.75) is 20.3 Å². The minimum Gasteiger partial charge on any atom is -0.497 e. The van der Waals surface area contributed by atoms with Crippen LogP contribution in [0.4, 0.5) is 0 Å². The van der Waals surface area contributed by atoms with Gasteiger partial charge in [-0.3, -0.25) is 4.79 Å². The van der Waals surface area contributed by atoms with Gasteiger partial charge in [-0.25, -0.2) is 0 Å². The molecule has 1 N–H and O–H groups in total. The average Bonchev–Trinajstić information content (AvgIpc) is 2.90. The number of hydrogen-bond donors (Lipinski definition) is 1. The number of furan rings is 1. The Morgan fingerprint density at radius 3 is 2.87 bits per heavy atom. The number of ether oxygens (including phenoxy) is 2. The molecule has 0 aliphatic carbocycles. The topological polar surface area (TPSA) is 60.7 Å². The third-order valence-electron chi connectivity index (χ3n) is 4.09. The zero-order valence-electron chi connectivity index (χ0n) is 13.6. The van der Waals surface area contributed by atoms with E-state index in [4.69, 9.17) is 13.9 Å². The van der Waals surface area contributed by atoms with Gasteiger partial charge in [-0.05, 0) is 38.0 Å². The molecule has 0 saturated carbocycles. The lowest BCUT2D eigenvalue weighted by Crippen LogP contribution is -2.34. The van der Waals surface area contributed by atoms with E-state index in [2.05, 4.69) is 5.32 Å². The zero-order chi connectivity index (χ0) is 16.4. The van der Waals surface area contributed by atoms with Crippen LogP contribution in [0.2, 0.25) is 0 Å². The van der Waals surface area contributed by atoms with E-state index in [9.17, 15) is 4.79 Å². The van der Waals surface area contributed by atoms with E-state index in [0.29, 0.717) is 24.5 Å². The number of benzene rings is 1. The molecule has 2 heterocycles. The second-order valence-electron chi connectivity index (χ2n) is 5.89. The Morgan fingerprint density at radius 1 is 1.35 bits per heavy atom. The summed E-state index contributed by atoms with van der Waals surface area (Å²) in [6.45, 7) is 4.80. The maximum Gasteiger partial charge on any atom is 0.254 e. The van der Waals surface area contributed by atoms with Crippen LogP contribution in [-0.2, 0) is 6.42 Å². The molecule has 23 heavy (non-hydrogen) atoms. The molecule has 0 unspecified atom stereocenters. The van der Waals surface area contributed by atoms with Crippen LogP contribution in [0.25, 0.3) is 0 Å². The predicted octanol–water partition coefficient (Wildman–Crippen LogP) is 2.89. The van der Waals surface area contributed by atoms with Gasteiger partial charge < -0.3 is 19.2 Å². The largest absolute Gasteiger partial charge is 0.497 e. The Labute approximate surface area is 135 Å². The van der Waals surface area contributed by atoms with Crippen LogP contribution in [0.3, 0.4) is 0 Å². The molecule has 5 nitrogen and oxygen atoms in total. The van der Waals surface area contributed by atoms with Gasteiger partial charge in [0.1, 0.15) is 23.0 Å². The Morgan fingerprint density at radius 2 is 2.17 bits per heavy atom. The summed E-state index contributed by atoms with van der Waals surface area (Å²) in [5, 5.41) is 2.97. The van der Waals surface area contributed by atoms with Crippen LogP contribution < -0.4 is 14.8 Å². The molecule has 0 spiro atoms. The fourth-order valence-electron chi connectivity index (χ4n) is 2.86. The quantitative estimate of drug-likeness (QED) is 0.942. The third kappa shape index (κ3) is 3.33. The van der Waals surface area contributed by atoms with Crippen molar-refractivity contribution >= 4 is 5.91 Å². The summed E-state index contributed by atoms with van der Waals surface area (Å²) < 4.78 is 16.4. The fraction of sp³-hybridized carbons (Fsp3) is 0.389. The Hall–Kier alpha value is -2.43. The van der Waals surface area contributed by atoms with Crippen molar-refractivity contribution in [2.24, 2.45) is 5.92 Å². The van der Waals surface area contributed by atoms with Crippen LogP contribution in [0.1, 0.15) is 27.4 Å². The number of amides is 1. The van der Waals surface area contributed by atoms with Crippen LogP contribution in [0.5, 0.6) is 11.5 Å².